The minimum atomic E-state index is -0.0775. The Hall–Kier alpha value is -4.91. The predicted octanol–water partition coefficient (Wildman–Crippen LogP) is 7.99. The third-order valence-electron chi connectivity index (χ3n) is 7.55. The molecule has 2 unspecified atom stereocenters. The molecular formula is C35H25N3. The molecular weight excluding hydrogens is 462 g/mol. The Morgan fingerprint density at radius 2 is 1.29 bits per heavy atom. The van der Waals surface area contributed by atoms with Crippen molar-refractivity contribution in [2.45, 2.75) is 12.2 Å². The van der Waals surface area contributed by atoms with E-state index in [0.717, 1.165) is 11.3 Å². The molecule has 1 heterocycles. The summed E-state index contributed by atoms with van der Waals surface area (Å²) in [6, 6.07) is 44.7. The Kier molecular flexibility index (Phi) is 5.39. The van der Waals surface area contributed by atoms with E-state index < -0.39 is 0 Å². The van der Waals surface area contributed by atoms with E-state index in [-0.39, 0.29) is 12.2 Å². The Morgan fingerprint density at radius 3 is 2.08 bits per heavy atom. The van der Waals surface area contributed by atoms with E-state index in [1.807, 2.05) is 30.3 Å². The first kappa shape index (κ1) is 22.3. The number of rotatable bonds is 3. The van der Waals surface area contributed by atoms with E-state index >= 15 is 0 Å². The lowest BCUT2D eigenvalue weighted by molar-refractivity contribution is 0.443. The molecule has 0 aliphatic carbocycles. The lowest BCUT2D eigenvalue weighted by Crippen LogP contribution is -2.39. The molecule has 2 N–H and O–H groups in total. The van der Waals surface area contributed by atoms with Gasteiger partial charge in [0.05, 0.1) is 17.7 Å². The fourth-order valence-electron chi connectivity index (χ4n) is 5.69. The Labute approximate surface area is 221 Å². The number of fused-ring (bicyclic) bond motifs is 4. The van der Waals surface area contributed by atoms with Crippen molar-refractivity contribution in [2.75, 3.05) is 0 Å². The van der Waals surface area contributed by atoms with Gasteiger partial charge >= 0.3 is 0 Å². The van der Waals surface area contributed by atoms with Crippen LogP contribution in [0.2, 0.25) is 0 Å². The highest BCUT2D eigenvalue weighted by Gasteiger charge is 2.26. The lowest BCUT2D eigenvalue weighted by atomic mass is 9.89. The molecule has 0 radical (unpaired) electrons. The van der Waals surface area contributed by atoms with Crippen molar-refractivity contribution in [2.24, 2.45) is 0 Å². The molecule has 0 spiro atoms. The summed E-state index contributed by atoms with van der Waals surface area (Å²) < 4.78 is 0. The van der Waals surface area contributed by atoms with Crippen molar-refractivity contribution >= 4 is 38.0 Å². The fourth-order valence-corrected chi connectivity index (χ4v) is 5.69. The number of nitriles is 1. The first-order chi connectivity index (χ1) is 18.8. The van der Waals surface area contributed by atoms with Gasteiger partial charge in [0.1, 0.15) is 6.17 Å². The number of nitrogens with one attached hydrogen (secondary N) is 2. The van der Waals surface area contributed by atoms with Crippen LogP contribution < -0.4 is 10.6 Å². The van der Waals surface area contributed by atoms with Crippen LogP contribution in [0, 0.1) is 11.3 Å². The summed E-state index contributed by atoms with van der Waals surface area (Å²) >= 11 is 0. The van der Waals surface area contributed by atoms with E-state index in [9.17, 15) is 5.26 Å². The van der Waals surface area contributed by atoms with Gasteiger partial charge in [-0.1, -0.05) is 103 Å². The molecule has 1 aliphatic rings. The second kappa shape index (κ2) is 9.19. The Balaban J connectivity index is 1.49. The van der Waals surface area contributed by atoms with Crippen LogP contribution in [0.15, 0.2) is 127 Å². The van der Waals surface area contributed by atoms with Gasteiger partial charge in [0.15, 0.2) is 0 Å². The summed E-state index contributed by atoms with van der Waals surface area (Å²) in [4.78, 5) is 0. The van der Waals surface area contributed by atoms with Crippen LogP contribution in [0.25, 0.3) is 38.0 Å². The smallest absolute Gasteiger partial charge is 0.104 e. The van der Waals surface area contributed by atoms with Gasteiger partial charge < -0.3 is 5.32 Å². The largest absolute Gasteiger partial charge is 0.366 e. The van der Waals surface area contributed by atoms with Crippen molar-refractivity contribution in [3.8, 4) is 6.07 Å². The van der Waals surface area contributed by atoms with Gasteiger partial charge in [-0.2, -0.15) is 5.26 Å². The number of benzene rings is 6. The Bertz CT molecular complexity index is 1880. The van der Waals surface area contributed by atoms with Crippen LogP contribution in [-0.4, -0.2) is 0 Å². The summed E-state index contributed by atoms with van der Waals surface area (Å²) in [5, 5.41) is 24.4. The van der Waals surface area contributed by atoms with Crippen molar-refractivity contribution < 1.29 is 0 Å². The van der Waals surface area contributed by atoms with Crippen molar-refractivity contribution in [3.63, 3.8) is 0 Å². The van der Waals surface area contributed by atoms with E-state index in [1.165, 1.54) is 43.4 Å². The van der Waals surface area contributed by atoms with Crippen molar-refractivity contribution in [3.05, 3.63) is 150 Å². The molecule has 3 heteroatoms. The van der Waals surface area contributed by atoms with Gasteiger partial charge in [0, 0.05) is 11.3 Å². The van der Waals surface area contributed by atoms with Gasteiger partial charge in [-0.25, -0.2) is 0 Å². The minimum absolute atomic E-state index is 0.0290. The van der Waals surface area contributed by atoms with Crippen LogP contribution in [0.1, 0.15) is 34.5 Å². The summed E-state index contributed by atoms with van der Waals surface area (Å²) in [6.45, 7) is 0. The molecule has 1 aliphatic heterocycles. The number of nitrogens with zero attached hydrogens (tertiary/aromatic N) is 1. The van der Waals surface area contributed by atoms with Crippen LogP contribution in [0.3, 0.4) is 0 Å². The van der Waals surface area contributed by atoms with Gasteiger partial charge in [0.2, 0.25) is 0 Å². The zero-order valence-electron chi connectivity index (χ0n) is 20.7. The van der Waals surface area contributed by atoms with E-state index in [2.05, 4.69) is 114 Å². The summed E-state index contributed by atoms with van der Waals surface area (Å²) in [6.07, 6.45) is 2.21. The number of hydrogen-bond acceptors (Lipinski definition) is 3. The van der Waals surface area contributed by atoms with E-state index in [4.69, 9.17) is 0 Å². The van der Waals surface area contributed by atoms with Crippen molar-refractivity contribution in [1.29, 1.82) is 5.26 Å². The maximum Gasteiger partial charge on any atom is 0.104 e. The normalized spacial score (nSPS) is 17.2. The Morgan fingerprint density at radius 1 is 0.579 bits per heavy atom. The first-order valence-electron chi connectivity index (χ1n) is 12.9. The molecule has 6 aromatic carbocycles. The molecule has 0 fully saturated rings. The quantitative estimate of drug-likeness (QED) is 0.196. The topological polar surface area (TPSA) is 47.9 Å². The highest BCUT2D eigenvalue weighted by Crippen LogP contribution is 2.39. The molecule has 0 saturated carbocycles. The summed E-state index contributed by atoms with van der Waals surface area (Å²) in [7, 11) is 0. The number of hydrogen-bond donors (Lipinski definition) is 2. The molecule has 0 amide bonds. The average molecular weight is 488 g/mol. The van der Waals surface area contributed by atoms with E-state index in [0.29, 0.717) is 5.56 Å². The maximum atomic E-state index is 9.31. The van der Waals surface area contributed by atoms with Crippen LogP contribution in [-0.2, 0) is 0 Å². The first-order valence-corrected chi connectivity index (χ1v) is 12.9. The summed E-state index contributed by atoms with van der Waals surface area (Å²) in [5.41, 5.74) is 5.28. The third kappa shape index (κ3) is 3.80. The second-order valence-electron chi connectivity index (χ2n) is 9.80. The molecule has 38 heavy (non-hydrogen) atoms. The molecule has 180 valence electrons. The molecule has 0 bridgehead atoms. The molecule has 6 aromatic rings. The van der Waals surface area contributed by atoms with Gasteiger partial charge in [-0.05, 0) is 67.7 Å². The standard InChI is InChI=1S/C35H25N3/c36-22-23-14-16-25(17-15-23)32-21-33(38-35(37-32)26-9-2-1-3-10-26)34-29-13-7-5-11-27(29)20-31-28-12-6-4-8-24(28)18-19-30(31)34/h1-21,32,35,37-38H. The van der Waals surface area contributed by atoms with Gasteiger partial charge in [-0.15, -0.1) is 0 Å². The molecule has 0 saturated heterocycles. The lowest BCUT2D eigenvalue weighted by Gasteiger charge is -2.34. The zero-order chi connectivity index (χ0) is 25.5. The third-order valence-corrected chi connectivity index (χ3v) is 7.55. The molecule has 2 atom stereocenters. The van der Waals surface area contributed by atoms with Gasteiger partial charge in [0.25, 0.3) is 0 Å². The SMILES string of the molecule is N#Cc1ccc(C2C=C(c3c4ccccc4cc4c3ccc3ccccc34)NC(c3ccccc3)N2)cc1. The van der Waals surface area contributed by atoms with Crippen LogP contribution in [0.5, 0.6) is 0 Å². The predicted molar refractivity (Wildman–Crippen MR) is 156 cm³/mol. The minimum Gasteiger partial charge on any atom is -0.366 e. The van der Waals surface area contributed by atoms with Crippen LogP contribution >= 0.6 is 0 Å². The highest BCUT2D eigenvalue weighted by atomic mass is 15.2. The maximum absolute atomic E-state index is 9.31. The summed E-state index contributed by atoms with van der Waals surface area (Å²) in [5.74, 6) is 0. The highest BCUT2D eigenvalue weighted by molar-refractivity contribution is 6.17. The monoisotopic (exact) mass is 487 g/mol. The molecule has 7 rings (SSSR count). The van der Waals surface area contributed by atoms with E-state index in [1.54, 1.807) is 0 Å². The molecule has 0 aromatic heterocycles. The second-order valence-corrected chi connectivity index (χ2v) is 9.80. The van der Waals surface area contributed by atoms with Crippen LogP contribution in [0.4, 0.5) is 0 Å². The van der Waals surface area contributed by atoms with Gasteiger partial charge in [-0.3, -0.25) is 5.32 Å². The average Bonchev–Trinajstić information content (AvgIpc) is 3.00. The van der Waals surface area contributed by atoms with Crippen molar-refractivity contribution in [1.82, 2.24) is 10.6 Å². The zero-order valence-corrected chi connectivity index (χ0v) is 20.7. The molecule has 3 nitrogen and oxygen atoms in total. The fraction of sp³-hybridized carbons (Fsp3) is 0.0571.